The van der Waals surface area contributed by atoms with E-state index >= 15 is 0 Å². The summed E-state index contributed by atoms with van der Waals surface area (Å²) in [6, 6.07) is 5.85. The zero-order valence-electron chi connectivity index (χ0n) is 18.0. The van der Waals surface area contributed by atoms with Gasteiger partial charge in [0.15, 0.2) is 0 Å². The van der Waals surface area contributed by atoms with Gasteiger partial charge in [0.25, 0.3) is 10.1 Å². The number of fused-ring (bicyclic) bond motifs is 2. The zero-order chi connectivity index (χ0) is 27.1. The lowest BCUT2D eigenvalue weighted by Gasteiger charge is -2.21. The molecule has 5 aromatic carbocycles. The SMILES string of the molecule is O=C(O)c1ccc2c3ccc(C(=O)O)c4c(C(=O)O)cc(S(=O)(=O)O)c(c5c(O)cc(C(=O)O)c1c25)c43. The molecule has 6 N–H and O–H groups in total. The van der Waals surface area contributed by atoms with Gasteiger partial charge in [-0.15, -0.1) is 0 Å². The van der Waals surface area contributed by atoms with E-state index in [4.69, 9.17) is 0 Å². The maximum absolute atomic E-state index is 12.5. The first kappa shape index (κ1) is 23.7. The highest BCUT2D eigenvalue weighted by Crippen LogP contribution is 2.49. The number of phenols is 1. The van der Waals surface area contributed by atoms with Crippen LogP contribution in [-0.4, -0.2) is 62.4 Å². The third kappa shape index (κ3) is 3.15. The summed E-state index contributed by atoms with van der Waals surface area (Å²) in [4.78, 5) is 47.1. The Labute approximate surface area is 204 Å². The van der Waals surface area contributed by atoms with Gasteiger partial charge in [-0.05, 0) is 35.0 Å². The van der Waals surface area contributed by atoms with Crippen LogP contribution < -0.4 is 0 Å². The molecule has 0 fully saturated rings. The van der Waals surface area contributed by atoms with Gasteiger partial charge >= 0.3 is 23.9 Å². The molecule has 13 heteroatoms. The molecule has 37 heavy (non-hydrogen) atoms. The quantitative estimate of drug-likeness (QED) is 0.110. The highest BCUT2D eigenvalue weighted by molar-refractivity contribution is 7.86. The standard InChI is InChI=1S/C24H12O12S/c25-13-5-11(23(30)31)15-9(21(26)27)3-1-7-8-2-4-10(22(28)29)16-12(24(32)33)6-14(37(34,35)36)20(18(8)16)19(13)17(7)15/h1-6,25H,(H,26,27)(H,28,29)(H,30,31)(H,32,33)(H,34,35,36). The Hall–Kier alpha value is -5.01. The van der Waals surface area contributed by atoms with Crippen LogP contribution in [-0.2, 0) is 10.1 Å². The van der Waals surface area contributed by atoms with E-state index in [1.165, 1.54) is 12.1 Å². The Morgan fingerprint density at radius 1 is 0.541 bits per heavy atom. The molecule has 0 saturated carbocycles. The van der Waals surface area contributed by atoms with Crippen LogP contribution in [0.1, 0.15) is 41.4 Å². The summed E-state index contributed by atoms with van der Waals surface area (Å²) in [6.45, 7) is 0. The molecule has 0 unspecified atom stereocenters. The van der Waals surface area contributed by atoms with Crippen LogP contribution in [0.25, 0.3) is 43.1 Å². The number of rotatable bonds is 5. The fourth-order valence-electron chi connectivity index (χ4n) is 4.94. The number of benzene rings is 5. The summed E-state index contributed by atoms with van der Waals surface area (Å²) in [5, 5.41) is 47.9. The van der Waals surface area contributed by atoms with E-state index < -0.39 is 83.1 Å². The maximum atomic E-state index is 12.5. The molecule has 0 atom stereocenters. The van der Waals surface area contributed by atoms with Crippen molar-refractivity contribution in [3.63, 3.8) is 0 Å². The monoisotopic (exact) mass is 524 g/mol. The molecule has 0 heterocycles. The van der Waals surface area contributed by atoms with E-state index in [0.717, 1.165) is 12.1 Å². The van der Waals surface area contributed by atoms with Gasteiger partial charge in [-0.25, -0.2) is 19.2 Å². The highest BCUT2D eigenvalue weighted by atomic mass is 32.2. The highest BCUT2D eigenvalue weighted by Gasteiger charge is 2.31. The second-order valence-corrected chi connectivity index (χ2v) is 9.52. The van der Waals surface area contributed by atoms with Crippen LogP contribution in [0.2, 0.25) is 0 Å². The number of carboxylic acids is 4. The van der Waals surface area contributed by atoms with Crippen molar-refractivity contribution in [1.82, 2.24) is 0 Å². The summed E-state index contributed by atoms with van der Waals surface area (Å²) in [5.41, 5.74) is -2.40. The van der Waals surface area contributed by atoms with Gasteiger partial charge in [0.2, 0.25) is 0 Å². The Balaban J connectivity index is 2.32. The van der Waals surface area contributed by atoms with Crippen LogP contribution in [0.15, 0.2) is 41.3 Å². The van der Waals surface area contributed by atoms with Crippen molar-refractivity contribution in [3.05, 3.63) is 58.7 Å². The number of carboxylic acid groups (broad SMARTS) is 4. The van der Waals surface area contributed by atoms with Crippen molar-refractivity contribution < 1.29 is 57.7 Å². The van der Waals surface area contributed by atoms with Crippen molar-refractivity contribution in [1.29, 1.82) is 0 Å². The first-order chi connectivity index (χ1) is 17.3. The second-order valence-electron chi connectivity index (χ2n) is 8.13. The zero-order valence-corrected chi connectivity index (χ0v) is 18.8. The second kappa shape index (κ2) is 7.49. The predicted molar refractivity (Wildman–Crippen MR) is 127 cm³/mol. The van der Waals surface area contributed by atoms with Crippen molar-refractivity contribution in [2.24, 2.45) is 0 Å². The van der Waals surface area contributed by atoms with Crippen LogP contribution in [0.3, 0.4) is 0 Å². The molecule has 0 aliphatic rings. The molecule has 0 radical (unpaired) electrons. The fourth-order valence-corrected chi connectivity index (χ4v) is 5.67. The lowest BCUT2D eigenvalue weighted by Crippen LogP contribution is -2.10. The molecule has 0 aliphatic carbocycles. The topological polar surface area (TPSA) is 224 Å². The molecule has 5 aromatic rings. The van der Waals surface area contributed by atoms with Gasteiger partial charge in [0.05, 0.1) is 22.3 Å². The minimum absolute atomic E-state index is 0.0272. The Kier molecular flexibility index (Phi) is 4.80. The molecule has 12 nitrogen and oxygen atoms in total. The van der Waals surface area contributed by atoms with Gasteiger partial charge in [-0.3, -0.25) is 4.55 Å². The number of hydrogen-bond donors (Lipinski definition) is 6. The molecule has 0 aliphatic heterocycles. The lowest BCUT2D eigenvalue weighted by atomic mass is 9.84. The van der Waals surface area contributed by atoms with Crippen molar-refractivity contribution in [3.8, 4) is 5.75 Å². The lowest BCUT2D eigenvalue weighted by molar-refractivity contribution is 0.0681. The predicted octanol–water partition coefficient (Wildman–Crippen LogP) is 3.48. The molecular weight excluding hydrogens is 512 g/mol. The smallest absolute Gasteiger partial charge is 0.336 e. The summed E-state index contributed by atoms with van der Waals surface area (Å²) in [5.74, 6) is -7.22. The first-order valence-electron chi connectivity index (χ1n) is 10.1. The van der Waals surface area contributed by atoms with E-state index in [9.17, 15) is 57.7 Å². The molecule has 0 aromatic heterocycles. The summed E-state index contributed by atoms with van der Waals surface area (Å²) in [6.07, 6.45) is 0. The third-order valence-electron chi connectivity index (χ3n) is 6.25. The number of hydrogen-bond acceptors (Lipinski definition) is 7. The molecular formula is C24H12O12S. The van der Waals surface area contributed by atoms with Gasteiger partial charge in [-0.2, -0.15) is 8.42 Å². The van der Waals surface area contributed by atoms with Gasteiger partial charge < -0.3 is 25.5 Å². The molecule has 0 amide bonds. The number of aromatic hydroxyl groups is 1. The molecule has 186 valence electrons. The van der Waals surface area contributed by atoms with Crippen molar-refractivity contribution >= 4 is 77.1 Å². The molecule has 0 bridgehead atoms. The summed E-state index contributed by atoms with van der Waals surface area (Å²) in [7, 11) is -5.23. The van der Waals surface area contributed by atoms with Crippen LogP contribution >= 0.6 is 0 Å². The Morgan fingerprint density at radius 2 is 0.946 bits per heavy atom. The van der Waals surface area contributed by atoms with E-state index in [1.54, 1.807) is 0 Å². The summed E-state index contributed by atoms with van der Waals surface area (Å²) < 4.78 is 34.9. The number of carbonyl (C=O) groups is 4. The first-order valence-corrected chi connectivity index (χ1v) is 11.6. The van der Waals surface area contributed by atoms with E-state index in [0.29, 0.717) is 12.1 Å². The largest absolute Gasteiger partial charge is 0.507 e. The fraction of sp³-hybridized carbons (Fsp3) is 0. The van der Waals surface area contributed by atoms with Crippen LogP contribution in [0, 0.1) is 0 Å². The number of aromatic carboxylic acids is 4. The van der Waals surface area contributed by atoms with Crippen molar-refractivity contribution in [2.45, 2.75) is 4.90 Å². The Morgan fingerprint density at radius 3 is 1.35 bits per heavy atom. The molecule has 5 rings (SSSR count). The van der Waals surface area contributed by atoms with Crippen LogP contribution in [0.4, 0.5) is 0 Å². The van der Waals surface area contributed by atoms with Crippen molar-refractivity contribution in [2.75, 3.05) is 0 Å². The molecule has 0 spiro atoms. The van der Waals surface area contributed by atoms with Gasteiger partial charge in [0, 0.05) is 32.3 Å². The Bertz CT molecular complexity index is 2020. The van der Waals surface area contributed by atoms with E-state index in [-0.39, 0.29) is 26.9 Å². The van der Waals surface area contributed by atoms with Gasteiger partial charge in [0.1, 0.15) is 10.6 Å². The average molecular weight is 524 g/mol. The minimum Gasteiger partial charge on any atom is -0.507 e. The van der Waals surface area contributed by atoms with E-state index in [1.807, 2.05) is 0 Å². The maximum Gasteiger partial charge on any atom is 0.336 e. The van der Waals surface area contributed by atoms with Gasteiger partial charge in [-0.1, -0.05) is 12.1 Å². The molecule has 0 saturated heterocycles. The number of phenolic OH excluding ortho intramolecular Hbond substituents is 1. The average Bonchev–Trinajstić information content (AvgIpc) is 2.80. The summed E-state index contributed by atoms with van der Waals surface area (Å²) >= 11 is 0. The normalized spacial score (nSPS) is 12.0. The van der Waals surface area contributed by atoms with Crippen LogP contribution in [0.5, 0.6) is 5.75 Å². The third-order valence-corrected chi connectivity index (χ3v) is 7.13. The minimum atomic E-state index is -5.23. The van der Waals surface area contributed by atoms with E-state index in [2.05, 4.69) is 0 Å².